The fourth-order valence-corrected chi connectivity index (χ4v) is 2.81. The van der Waals surface area contributed by atoms with E-state index in [1.54, 1.807) is 6.33 Å². The molecule has 1 heterocycles. The Balaban J connectivity index is 1.93. The van der Waals surface area contributed by atoms with Crippen molar-refractivity contribution in [2.45, 2.75) is 64.1 Å². The largest absolute Gasteiger partial charge is 0.389 e. The van der Waals surface area contributed by atoms with E-state index in [2.05, 4.69) is 22.3 Å². The van der Waals surface area contributed by atoms with E-state index in [-0.39, 0.29) is 0 Å². The van der Waals surface area contributed by atoms with Gasteiger partial charge in [0.1, 0.15) is 12.2 Å². The third kappa shape index (κ3) is 3.09. The first-order chi connectivity index (χ1) is 8.67. The standard InChI is InChI=1S/C13H24N4O/c1-3-14-11-5-7-13(18,8-6-11)9-12-15-10-16-17(12)4-2/h10-11,14,18H,3-9H2,1-2H3. The Morgan fingerprint density at radius 3 is 2.78 bits per heavy atom. The molecule has 0 amide bonds. The fraction of sp³-hybridized carbons (Fsp3) is 0.846. The summed E-state index contributed by atoms with van der Waals surface area (Å²) in [4.78, 5) is 4.26. The van der Waals surface area contributed by atoms with E-state index in [0.29, 0.717) is 12.5 Å². The van der Waals surface area contributed by atoms with Gasteiger partial charge in [-0.1, -0.05) is 6.92 Å². The number of hydrogen-bond acceptors (Lipinski definition) is 4. The van der Waals surface area contributed by atoms with Gasteiger partial charge in [0, 0.05) is 19.0 Å². The second kappa shape index (κ2) is 5.80. The monoisotopic (exact) mass is 252 g/mol. The average molecular weight is 252 g/mol. The van der Waals surface area contributed by atoms with Crippen LogP contribution in [0.3, 0.4) is 0 Å². The number of rotatable bonds is 5. The molecule has 1 saturated carbocycles. The van der Waals surface area contributed by atoms with Crippen LogP contribution in [0.2, 0.25) is 0 Å². The zero-order chi connectivity index (χ0) is 13.0. The third-order valence-electron chi connectivity index (χ3n) is 3.89. The molecule has 0 unspecified atom stereocenters. The summed E-state index contributed by atoms with van der Waals surface area (Å²) in [5, 5.41) is 18.3. The van der Waals surface area contributed by atoms with Gasteiger partial charge in [-0.05, 0) is 39.2 Å². The lowest BCUT2D eigenvalue weighted by Crippen LogP contribution is -2.43. The molecule has 0 spiro atoms. The van der Waals surface area contributed by atoms with Gasteiger partial charge in [-0.3, -0.25) is 4.68 Å². The van der Waals surface area contributed by atoms with Crippen LogP contribution in [0.15, 0.2) is 6.33 Å². The number of aromatic nitrogens is 3. The first-order valence-corrected chi connectivity index (χ1v) is 6.99. The summed E-state index contributed by atoms with van der Waals surface area (Å²) < 4.78 is 1.87. The Labute approximate surface area is 109 Å². The topological polar surface area (TPSA) is 63.0 Å². The molecule has 0 aromatic carbocycles. The smallest absolute Gasteiger partial charge is 0.138 e. The highest BCUT2D eigenvalue weighted by Gasteiger charge is 2.34. The number of nitrogens with zero attached hydrogens (tertiary/aromatic N) is 3. The second-order valence-corrected chi connectivity index (χ2v) is 5.23. The summed E-state index contributed by atoms with van der Waals surface area (Å²) in [5.74, 6) is 0.905. The molecule has 5 heteroatoms. The van der Waals surface area contributed by atoms with Gasteiger partial charge in [0.15, 0.2) is 0 Å². The van der Waals surface area contributed by atoms with Crippen molar-refractivity contribution in [3.05, 3.63) is 12.2 Å². The molecular formula is C13H24N4O. The summed E-state index contributed by atoms with van der Waals surface area (Å²) in [6.45, 7) is 5.99. The first kappa shape index (κ1) is 13.5. The number of nitrogens with one attached hydrogen (secondary N) is 1. The van der Waals surface area contributed by atoms with Gasteiger partial charge in [0.2, 0.25) is 0 Å². The molecular weight excluding hydrogens is 228 g/mol. The second-order valence-electron chi connectivity index (χ2n) is 5.23. The van der Waals surface area contributed by atoms with Gasteiger partial charge in [0.25, 0.3) is 0 Å². The molecule has 2 rings (SSSR count). The SMILES string of the molecule is CCNC1CCC(O)(Cc2ncnn2CC)CC1. The van der Waals surface area contributed by atoms with Crippen LogP contribution in [-0.2, 0) is 13.0 Å². The van der Waals surface area contributed by atoms with E-state index in [1.165, 1.54) is 0 Å². The predicted molar refractivity (Wildman–Crippen MR) is 70.3 cm³/mol. The molecule has 1 aliphatic carbocycles. The third-order valence-corrected chi connectivity index (χ3v) is 3.89. The molecule has 0 saturated heterocycles. The van der Waals surface area contributed by atoms with Crippen molar-refractivity contribution in [3.8, 4) is 0 Å². The Hall–Kier alpha value is -0.940. The Morgan fingerprint density at radius 2 is 2.17 bits per heavy atom. The molecule has 1 fully saturated rings. The molecule has 1 aromatic rings. The first-order valence-electron chi connectivity index (χ1n) is 6.99. The highest BCUT2D eigenvalue weighted by Crippen LogP contribution is 2.31. The maximum Gasteiger partial charge on any atom is 0.138 e. The van der Waals surface area contributed by atoms with E-state index in [4.69, 9.17) is 0 Å². The van der Waals surface area contributed by atoms with Crippen LogP contribution in [0.1, 0.15) is 45.4 Å². The van der Waals surface area contributed by atoms with Crippen molar-refractivity contribution >= 4 is 0 Å². The number of aryl methyl sites for hydroxylation is 1. The average Bonchev–Trinajstić information content (AvgIpc) is 2.79. The van der Waals surface area contributed by atoms with Crippen LogP contribution >= 0.6 is 0 Å². The minimum absolute atomic E-state index is 0.569. The maximum atomic E-state index is 10.6. The molecule has 0 atom stereocenters. The van der Waals surface area contributed by atoms with Crippen LogP contribution < -0.4 is 5.32 Å². The summed E-state index contributed by atoms with van der Waals surface area (Å²) in [5.41, 5.74) is -0.591. The van der Waals surface area contributed by atoms with Crippen LogP contribution in [0.5, 0.6) is 0 Å². The lowest BCUT2D eigenvalue weighted by molar-refractivity contribution is -0.00538. The lowest BCUT2D eigenvalue weighted by Gasteiger charge is -2.36. The van der Waals surface area contributed by atoms with Gasteiger partial charge in [-0.2, -0.15) is 5.10 Å². The van der Waals surface area contributed by atoms with E-state index in [9.17, 15) is 5.11 Å². The Kier molecular flexibility index (Phi) is 4.35. The van der Waals surface area contributed by atoms with Crippen LogP contribution in [0.4, 0.5) is 0 Å². The van der Waals surface area contributed by atoms with Crippen LogP contribution in [0, 0.1) is 0 Å². The molecule has 1 aromatic heterocycles. The van der Waals surface area contributed by atoms with Crippen LogP contribution in [0.25, 0.3) is 0 Å². The molecule has 0 aliphatic heterocycles. The van der Waals surface area contributed by atoms with Gasteiger partial charge in [-0.15, -0.1) is 0 Å². The van der Waals surface area contributed by atoms with Gasteiger partial charge < -0.3 is 10.4 Å². The van der Waals surface area contributed by atoms with E-state index in [0.717, 1.165) is 44.6 Å². The van der Waals surface area contributed by atoms with Crippen molar-refractivity contribution in [2.24, 2.45) is 0 Å². The number of hydrogen-bond donors (Lipinski definition) is 2. The van der Waals surface area contributed by atoms with Gasteiger partial charge in [-0.25, -0.2) is 4.98 Å². The minimum atomic E-state index is -0.591. The van der Waals surface area contributed by atoms with E-state index < -0.39 is 5.60 Å². The highest BCUT2D eigenvalue weighted by atomic mass is 16.3. The van der Waals surface area contributed by atoms with Gasteiger partial charge in [0.05, 0.1) is 5.60 Å². The minimum Gasteiger partial charge on any atom is -0.389 e. The van der Waals surface area contributed by atoms with Crippen molar-refractivity contribution < 1.29 is 5.11 Å². The molecule has 0 radical (unpaired) electrons. The van der Waals surface area contributed by atoms with Crippen molar-refractivity contribution in [1.82, 2.24) is 20.1 Å². The van der Waals surface area contributed by atoms with Crippen LogP contribution in [-0.4, -0.2) is 38.1 Å². The Bertz CT molecular complexity index is 369. The molecule has 102 valence electrons. The van der Waals surface area contributed by atoms with E-state index in [1.807, 2.05) is 11.6 Å². The van der Waals surface area contributed by atoms with Gasteiger partial charge >= 0.3 is 0 Å². The van der Waals surface area contributed by atoms with Crippen molar-refractivity contribution in [1.29, 1.82) is 0 Å². The highest BCUT2D eigenvalue weighted by molar-refractivity contribution is 4.98. The zero-order valence-electron chi connectivity index (χ0n) is 11.4. The quantitative estimate of drug-likeness (QED) is 0.824. The molecule has 0 bridgehead atoms. The zero-order valence-corrected chi connectivity index (χ0v) is 11.4. The molecule has 18 heavy (non-hydrogen) atoms. The summed E-state index contributed by atoms with van der Waals surface area (Å²) in [6.07, 6.45) is 5.99. The lowest BCUT2D eigenvalue weighted by atomic mass is 9.80. The summed E-state index contributed by atoms with van der Waals surface area (Å²) in [6, 6.07) is 0.569. The summed E-state index contributed by atoms with van der Waals surface area (Å²) >= 11 is 0. The normalized spacial score (nSPS) is 28.5. The Morgan fingerprint density at radius 1 is 1.44 bits per heavy atom. The van der Waals surface area contributed by atoms with Crippen molar-refractivity contribution in [2.75, 3.05) is 6.54 Å². The maximum absolute atomic E-state index is 10.6. The molecule has 5 nitrogen and oxygen atoms in total. The van der Waals surface area contributed by atoms with E-state index >= 15 is 0 Å². The molecule has 1 aliphatic rings. The molecule has 2 N–H and O–H groups in total. The predicted octanol–water partition coefficient (Wildman–Crippen LogP) is 1.12. The summed E-state index contributed by atoms with van der Waals surface area (Å²) in [7, 11) is 0. The fourth-order valence-electron chi connectivity index (χ4n) is 2.81. The van der Waals surface area contributed by atoms with Crippen molar-refractivity contribution in [3.63, 3.8) is 0 Å². The number of aliphatic hydroxyl groups is 1.